The van der Waals surface area contributed by atoms with Gasteiger partial charge in [-0.15, -0.1) is 0 Å². The third-order valence-corrected chi connectivity index (χ3v) is 3.63. The summed E-state index contributed by atoms with van der Waals surface area (Å²) < 4.78 is 19.0. The smallest absolute Gasteiger partial charge is 0.330 e. The van der Waals surface area contributed by atoms with Crippen LogP contribution < -0.4 is 4.90 Å². The topological polar surface area (TPSA) is 29.5 Å². The lowest BCUT2D eigenvalue weighted by atomic mass is 9.97. The number of rotatable bonds is 4. The summed E-state index contributed by atoms with van der Waals surface area (Å²) in [5, 5.41) is 0. The molecule has 0 spiro atoms. The van der Waals surface area contributed by atoms with Crippen molar-refractivity contribution in [1.29, 1.82) is 0 Å². The van der Waals surface area contributed by atoms with E-state index in [1.54, 1.807) is 19.1 Å². The Kier molecular flexibility index (Phi) is 5.16. The Labute approximate surface area is 136 Å². The van der Waals surface area contributed by atoms with E-state index in [2.05, 4.69) is 4.74 Å². The Bertz CT molecular complexity index is 751. The van der Waals surface area contributed by atoms with Crippen molar-refractivity contribution in [3.8, 4) is 11.1 Å². The molecule has 120 valence electrons. The van der Waals surface area contributed by atoms with Crippen molar-refractivity contribution in [3.05, 3.63) is 59.9 Å². The minimum Gasteiger partial charge on any atom is -0.466 e. The van der Waals surface area contributed by atoms with Gasteiger partial charge < -0.3 is 9.64 Å². The van der Waals surface area contributed by atoms with E-state index in [-0.39, 0.29) is 5.82 Å². The van der Waals surface area contributed by atoms with Crippen molar-refractivity contribution in [2.45, 2.75) is 6.92 Å². The van der Waals surface area contributed by atoms with Crippen LogP contribution in [0.5, 0.6) is 0 Å². The maximum atomic E-state index is 14.4. The zero-order chi connectivity index (χ0) is 17.0. The van der Waals surface area contributed by atoms with E-state index in [0.717, 1.165) is 22.4 Å². The van der Waals surface area contributed by atoms with E-state index in [1.165, 1.54) is 19.3 Å². The van der Waals surface area contributed by atoms with Crippen LogP contribution in [0.1, 0.15) is 12.5 Å². The van der Waals surface area contributed by atoms with Crippen LogP contribution in [0.2, 0.25) is 0 Å². The summed E-state index contributed by atoms with van der Waals surface area (Å²) >= 11 is 0. The molecule has 2 aromatic carbocycles. The first-order valence-corrected chi connectivity index (χ1v) is 7.27. The van der Waals surface area contributed by atoms with Gasteiger partial charge in [-0.2, -0.15) is 0 Å². The minimum atomic E-state index is -0.429. The highest BCUT2D eigenvalue weighted by atomic mass is 19.1. The molecule has 0 amide bonds. The van der Waals surface area contributed by atoms with Crippen LogP contribution in [0.3, 0.4) is 0 Å². The third kappa shape index (κ3) is 3.77. The van der Waals surface area contributed by atoms with Crippen LogP contribution in [0.25, 0.3) is 16.7 Å². The number of carbonyl (C=O) groups is 1. The zero-order valence-corrected chi connectivity index (χ0v) is 13.8. The highest BCUT2D eigenvalue weighted by molar-refractivity contribution is 5.91. The molecule has 0 atom stereocenters. The fourth-order valence-electron chi connectivity index (χ4n) is 2.39. The summed E-state index contributed by atoms with van der Waals surface area (Å²) in [6.45, 7) is 1.80. The lowest BCUT2D eigenvalue weighted by Crippen LogP contribution is -2.10. The Morgan fingerprint density at radius 1 is 1.13 bits per heavy atom. The standard InChI is InChI=1S/C19H20FNO2/c1-13(11-19(22)23-4)14-9-10-17(20)16(12-14)15-7-5-6-8-18(15)21(2)3/h5-12H,1-4H3/b13-11+. The molecule has 0 saturated carbocycles. The predicted octanol–water partition coefficient (Wildman–Crippen LogP) is 4.14. The lowest BCUT2D eigenvalue weighted by Gasteiger charge is -2.18. The van der Waals surface area contributed by atoms with Gasteiger partial charge in [-0.25, -0.2) is 9.18 Å². The second-order valence-corrected chi connectivity index (χ2v) is 5.46. The molecule has 2 rings (SSSR count). The summed E-state index contributed by atoms with van der Waals surface area (Å²) in [7, 11) is 5.17. The fourth-order valence-corrected chi connectivity index (χ4v) is 2.39. The van der Waals surface area contributed by atoms with Crippen LogP contribution >= 0.6 is 0 Å². The summed E-state index contributed by atoms with van der Waals surface area (Å²) in [5.74, 6) is -0.726. The Morgan fingerprint density at radius 3 is 2.48 bits per heavy atom. The molecule has 23 heavy (non-hydrogen) atoms. The van der Waals surface area contributed by atoms with Crippen LogP contribution in [0.15, 0.2) is 48.5 Å². The molecule has 0 radical (unpaired) electrons. The number of halogens is 1. The molecular formula is C19H20FNO2. The van der Waals surface area contributed by atoms with E-state index >= 15 is 0 Å². The largest absolute Gasteiger partial charge is 0.466 e. The van der Waals surface area contributed by atoms with Gasteiger partial charge in [-0.3, -0.25) is 0 Å². The number of methoxy groups -OCH3 is 1. The highest BCUT2D eigenvalue weighted by Gasteiger charge is 2.12. The van der Waals surface area contributed by atoms with Gasteiger partial charge in [0, 0.05) is 37.0 Å². The Balaban J connectivity index is 2.55. The average molecular weight is 313 g/mol. The first kappa shape index (κ1) is 16.7. The average Bonchev–Trinajstić information content (AvgIpc) is 2.55. The Hall–Kier alpha value is -2.62. The fraction of sp³-hybridized carbons (Fsp3) is 0.211. The van der Waals surface area contributed by atoms with Gasteiger partial charge in [0.25, 0.3) is 0 Å². The normalized spacial score (nSPS) is 11.3. The molecular weight excluding hydrogens is 293 g/mol. The number of hydrogen-bond donors (Lipinski definition) is 0. The van der Waals surface area contributed by atoms with Crippen LogP contribution in [-0.2, 0) is 9.53 Å². The first-order valence-electron chi connectivity index (χ1n) is 7.27. The van der Waals surface area contributed by atoms with Crippen molar-refractivity contribution in [3.63, 3.8) is 0 Å². The monoisotopic (exact) mass is 313 g/mol. The summed E-state index contributed by atoms with van der Waals surface area (Å²) in [6.07, 6.45) is 1.40. The van der Waals surface area contributed by atoms with Gasteiger partial charge in [0.2, 0.25) is 0 Å². The van der Waals surface area contributed by atoms with E-state index in [1.807, 2.05) is 43.3 Å². The number of anilines is 1. The van der Waals surface area contributed by atoms with Gasteiger partial charge in [0.15, 0.2) is 0 Å². The lowest BCUT2D eigenvalue weighted by molar-refractivity contribution is -0.134. The number of benzene rings is 2. The summed E-state index contributed by atoms with van der Waals surface area (Å²) in [6, 6.07) is 12.5. The molecule has 0 bridgehead atoms. The van der Waals surface area contributed by atoms with Crippen LogP contribution in [-0.4, -0.2) is 27.2 Å². The molecule has 0 aliphatic rings. The maximum absolute atomic E-state index is 14.4. The molecule has 0 heterocycles. The van der Waals surface area contributed by atoms with Gasteiger partial charge in [0.1, 0.15) is 5.82 Å². The van der Waals surface area contributed by atoms with Gasteiger partial charge in [-0.05, 0) is 36.3 Å². The number of ether oxygens (including phenoxy) is 1. The molecule has 0 aromatic heterocycles. The molecule has 2 aromatic rings. The third-order valence-electron chi connectivity index (χ3n) is 3.63. The second-order valence-electron chi connectivity index (χ2n) is 5.46. The molecule has 0 saturated heterocycles. The summed E-state index contributed by atoms with van der Waals surface area (Å²) in [5.41, 5.74) is 3.74. The van der Waals surface area contributed by atoms with E-state index in [0.29, 0.717) is 5.56 Å². The van der Waals surface area contributed by atoms with E-state index < -0.39 is 5.97 Å². The molecule has 4 heteroatoms. The SMILES string of the molecule is COC(=O)/C=C(\C)c1ccc(F)c(-c2ccccc2N(C)C)c1. The van der Waals surface area contributed by atoms with Gasteiger partial charge in [-0.1, -0.05) is 24.3 Å². The van der Waals surface area contributed by atoms with Gasteiger partial charge >= 0.3 is 5.97 Å². The number of carbonyl (C=O) groups excluding carboxylic acids is 1. The van der Waals surface area contributed by atoms with Crippen LogP contribution in [0.4, 0.5) is 10.1 Å². The number of hydrogen-bond acceptors (Lipinski definition) is 3. The van der Waals surface area contributed by atoms with E-state index in [4.69, 9.17) is 0 Å². The molecule has 0 unspecified atom stereocenters. The molecule has 0 fully saturated rings. The highest BCUT2D eigenvalue weighted by Crippen LogP contribution is 2.33. The first-order chi connectivity index (χ1) is 10.9. The van der Waals surface area contributed by atoms with Gasteiger partial charge in [0.05, 0.1) is 7.11 Å². The second kappa shape index (κ2) is 7.09. The van der Waals surface area contributed by atoms with Crippen molar-refractivity contribution in [1.82, 2.24) is 0 Å². The van der Waals surface area contributed by atoms with Crippen molar-refractivity contribution >= 4 is 17.2 Å². The number of nitrogens with zero attached hydrogens (tertiary/aromatic N) is 1. The summed E-state index contributed by atoms with van der Waals surface area (Å²) in [4.78, 5) is 13.3. The zero-order valence-electron chi connectivity index (χ0n) is 13.8. The quantitative estimate of drug-likeness (QED) is 0.628. The van der Waals surface area contributed by atoms with Crippen molar-refractivity contribution < 1.29 is 13.9 Å². The maximum Gasteiger partial charge on any atom is 0.330 e. The molecule has 0 aliphatic heterocycles. The van der Waals surface area contributed by atoms with E-state index in [9.17, 15) is 9.18 Å². The minimum absolute atomic E-state index is 0.297. The van der Waals surface area contributed by atoms with Crippen molar-refractivity contribution in [2.24, 2.45) is 0 Å². The molecule has 3 nitrogen and oxygen atoms in total. The molecule has 0 aliphatic carbocycles. The molecule has 0 N–H and O–H groups in total. The van der Waals surface area contributed by atoms with Crippen molar-refractivity contribution in [2.75, 3.05) is 26.1 Å². The predicted molar refractivity (Wildman–Crippen MR) is 91.8 cm³/mol. The van der Waals surface area contributed by atoms with Crippen LogP contribution in [0, 0.1) is 5.82 Å². The Morgan fingerprint density at radius 2 is 1.83 bits per heavy atom. The number of para-hydroxylation sites is 1. The number of allylic oxidation sites excluding steroid dienone is 1. The number of esters is 1.